The maximum absolute atomic E-state index is 12.8. The van der Waals surface area contributed by atoms with Gasteiger partial charge in [0, 0.05) is 31.9 Å². The first-order valence-electron chi connectivity index (χ1n) is 11.1. The van der Waals surface area contributed by atoms with E-state index in [2.05, 4.69) is 32.3 Å². The lowest BCUT2D eigenvalue weighted by atomic mass is 9.88. The molecule has 1 amide bonds. The lowest BCUT2D eigenvalue weighted by molar-refractivity contribution is -0.123. The van der Waals surface area contributed by atoms with Crippen LogP contribution in [0.25, 0.3) is 0 Å². The molecule has 1 N–H and O–H groups in total. The maximum Gasteiger partial charge on any atom is 0.220 e. The molecular weight excluding hydrogens is 360 g/mol. The van der Waals surface area contributed by atoms with Gasteiger partial charge in [0.1, 0.15) is 0 Å². The van der Waals surface area contributed by atoms with Gasteiger partial charge in [0.25, 0.3) is 0 Å². The van der Waals surface area contributed by atoms with Gasteiger partial charge in [-0.05, 0) is 68.3 Å². The summed E-state index contributed by atoms with van der Waals surface area (Å²) in [7, 11) is 0. The van der Waals surface area contributed by atoms with E-state index in [0.29, 0.717) is 18.3 Å². The maximum atomic E-state index is 12.8. The molecule has 5 nitrogen and oxygen atoms in total. The Bertz CT molecular complexity index is 761. The number of amides is 1. The molecule has 1 aliphatic heterocycles. The summed E-state index contributed by atoms with van der Waals surface area (Å²) in [5.74, 6) is 1.12. The van der Waals surface area contributed by atoms with E-state index in [9.17, 15) is 4.79 Å². The molecule has 1 saturated heterocycles. The van der Waals surface area contributed by atoms with E-state index in [1.54, 1.807) is 0 Å². The minimum absolute atomic E-state index is 0.0170. The summed E-state index contributed by atoms with van der Waals surface area (Å²) >= 11 is 0. The van der Waals surface area contributed by atoms with E-state index in [1.165, 1.54) is 25.7 Å². The molecule has 29 heavy (non-hydrogen) atoms. The molecule has 4 rings (SSSR count). The first-order chi connectivity index (χ1) is 14.3. The van der Waals surface area contributed by atoms with E-state index in [1.807, 2.05) is 36.7 Å². The number of pyridine rings is 2. The van der Waals surface area contributed by atoms with Gasteiger partial charge in [0.15, 0.2) is 0 Å². The van der Waals surface area contributed by atoms with Crippen molar-refractivity contribution in [3.8, 4) is 0 Å². The van der Waals surface area contributed by atoms with Crippen molar-refractivity contribution < 1.29 is 4.79 Å². The molecule has 3 heterocycles. The van der Waals surface area contributed by atoms with E-state index in [4.69, 9.17) is 0 Å². The highest BCUT2D eigenvalue weighted by molar-refractivity contribution is 5.76. The molecular formula is C24H32N4O. The van der Waals surface area contributed by atoms with Gasteiger partial charge >= 0.3 is 0 Å². The quantitative estimate of drug-likeness (QED) is 0.770. The summed E-state index contributed by atoms with van der Waals surface area (Å²) in [6, 6.07) is 12.1. The number of carbonyl (C=O) groups is 1. The van der Waals surface area contributed by atoms with Crippen molar-refractivity contribution in [1.29, 1.82) is 0 Å². The second-order valence-corrected chi connectivity index (χ2v) is 8.61. The monoisotopic (exact) mass is 392 g/mol. The third-order valence-electron chi connectivity index (χ3n) is 6.40. The lowest BCUT2D eigenvalue weighted by Crippen LogP contribution is -2.43. The van der Waals surface area contributed by atoms with Crippen LogP contribution in [-0.4, -0.2) is 33.9 Å². The molecule has 0 bridgehead atoms. The normalized spacial score (nSPS) is 21.7. The highest BCUT2D eigenvalue weighted by atomic mass is 16.1. The van der Waals surface area contributed by atoms with Crippen LogP contribution < -0.4 is 5.32 Å². The number of carbonyl (C=O) groups excluding carboxylic acids is 1. The van der Waals surface area contributed by atoms with Gasteiger partial charge < -0.3 is 5.32 Å². The van der Waals surface area contributed by atoms with Crippen LogP contribution in [0.2, 0.25) is 0 Å². The van der Waals surface area contributed by atoms with Crippen LogP contribution in [0.5, 0.6) is 0 Å². The highest BCUT2D eigenvalue weighted by Gasteiger charge is 2.31. The fourth-order valence-electron chi connectivity index (χ4n) is 4.93. The van der Waals surface area contributed by atoms with Gasteiger partial charge in [-0.1, -0.05) is 25.0 Å². The lowest BCUT2D eigenvalue weighted by Gasteiger charge is -2.37. The van der Waals surface area contributed by atoms with Crippen LogP contribution in [-0.2, 0) is 11.3 Å². The summed E-state index contributed by atoms with van der Waals surface area (Å²) in [6.45, 7) is 2.90. The SMILES string of the molecule is O=C(CC1CCCC1)N[C@@H](c1ccccn1)[C@H]1CCCN(Cc2ccccn2)C1. The number of hydrogen-bond acceptors (Lipinski definition) is 4. The number of nitrogens with zero attached hydrogens (tertiary/aromatic N) is 3. The van der Waals surface area contributed by atoms with E-state index in [0.717, 1.165) is 43.9 Å². The van der Waals surface area contributed by atoms with Gasteiger partial charge in [0.2, 0.25) is 5.91 Å². The third-order valence-corrected chi connectivity index (χ3v) is 6.40. The number of nitrogens with one attached hydrogen (secondary N) is 1. The summed E-state index contributed by atoms with van der Waals surface area (Å²) in [6.07, 6.45) is 11.5. The fourth-order valence-corrected chi connectivity index (χ4v) is 4.93. The third kappa shape index (κ3) is 5.63. The average molecular weight is 393 g/mol. The summed E-state index contributed by atoms with van der Waals surface area (Å²) in [5, 5.41) is 3.37. The molecule has 2 aromatic heterocycles. The van der Waals surface area contributed by atoms with Crippen LogP contribution in [0.15, 0.2) is 48.8 Å². The zero-order valence-corrected chi connectivity index (χ0v) is 17.2. The molecule has 5 heteroatoms. The van der Waals surface area contributed by atoms with Gasteiger partial charge in [-0.3, -0.25) is 19.7 Å². The van der Waals surface area contributed by atoms with Gasteiger partial charge in [0.05, 0.1) is 17.4 Å². The number of likely N-dealkylation sites (tertiary alicyclic amines) is 1. The molecule has 2 aliphatic rings. The summed E-state index contributed by atoms with van der Waals surface area (Å²) < 4.78 is 0. The topological polar surface area (TPSA) is 58.1 Å². The summed E-state index contributed by atoms with van der Waals surface area (Å²) in [5.41, 5.74) is 2.09. The van der Waals surface area contributed by atoms with Crippen LogP contribution in [0.4, 0.5) is 0 Å². The first-order valence-corrected chi connectivity index (χ1v) is 11.1. The van der Waals surface area contributed by atoms with Gasteiger partial charge in [-0.2, -0.15) is 0 Å². The molecule has 2 atom stereocenters. The van der Waals surface area contributed by atoms with Crippen LogP contribution in [0.1, 0.15) is 62.4 Å². The first kappa shape index (κ1) is 20.0. The molecule has 0 radical (unpaired) electrons. The van der Waals surface area contributed by atoms with Crippen molar-refractivity contribution in [3.63, 3.8) is 0 Å². The van der Waals surface area contributed by atoms with Crippen molar-refractivity contribution in [2.24, 2.45) is 11.8 Å². The molecule has 2 aromatic rings. The van der Waals surface area contributed by atoms with Gasteiger partial charge in [-0.25, -0.2) is 0 Å². The van der Waals surface area contributed by atoms with Crippen molar-refractivity contribution in [2.75, 3.05) is 13.1 Å². The number of rotatable bonds is 7. The molecule has 154 valence electrons. The van der Waals surface area contributed by atoms with Crippen molar-refractivity contribution >= 4 is 5.91 Å². The van der Waals surface area contributed by atoms with E-state index < -0.39 is 0 Å². The Morgan fingerprint density at radius 3 is 2.55 bits per heavy atom. The standard InChI is InChI=1S/C24H32N4O/c29-23(16-19-8-1-2-9-19)27-24(22-12-4-6-14-26-22)20-10-7-15-28(17-20)18-21-11-3-5-13-25-21/h3-6,11-14,19-20,24H,1-2,7-10,15-18H2,(H,27,29)/t20-,24+/m0/s1. The second-order valence-electron chi connectivity index (χ2n) is 8.61. The van der Waals surface area contributed by atoms with E-state index >= 15 is 0 Å². The minimum Gasteiger partial charge on any atom is -0.347 e. The number of aromatic nitrogens is 2. The Balaban J connectivity index is 1.44. The Morgan fingerprint density at radius 2 is 1.83 bits per heavy atom. The Hall–Kier alpha value is -2.27. The zero-order valence-electron chi connectivity index (χ0n) is 17.2. The Morgan fingerprint density at radius 1 is 1.03 bits per heavy atom. The van der Waals surface area contributed by atoms with Gasteiger partial charge in [-0.15, -0.1) is 0 Å². The largest absolute Gasteiger partial charge is 0.347 e. The van der Waals surface area contributed by atoms with Crippen LogP contribution in [0, 0.1) is 11.8 Å². The Labute approximate surface area is 173 Å². The second kappa shape index (κ2) is 9.97. The molecule has 1 aliphatic carbocycles. The minimum atomic E-state index is -0.0170. The summed E-state index contributed by atoms with van der Waals surface area (Å²) in [4.78, 5) is 24.4. The molecule has 2 fully saturated rings. The fraction of sp³-hybridized carbons (Fsp3) is 0.542. The number of piperidine rings is 1. The van der Waals surface area contributed by atoms with Crippen molar-refractivity contribution in [3.05, 3.63) is 60.2 Å². The molecule has 0 spiro atoms. The smallest absolute Gasteiger partial charge is 0.220 e. The van der Waals surface area contributed by atoms with Crippen molar-refractivity contribution in [1.82, 2.24) is 20.2 Å². The molecule has 1 saturated carbocycles. The van der Waals surface area contributed by atoms with Crippen LogP contribution >= 0.6 is 0 Å². The zero-order chi connectivity index (χ0) is 19.9. The Kier molecular flexibility index (Phi) is 6.88. The average Bonchev–Trinajstić information content (AvgIpc) is 3.26. The van der Waals surface area contributed by atoms with E-state index in [-0.39, 0.29) is 11.9 Å². The predicted molar refractivity (Wildman–Crippen MR) is 114 cm³/mol. The molecule has 0 unspecified atom stereocenters. The number of hydrogen-bond donors (Lipinski definition) is 1. The van der Waals surface area contributed by atoms with Crippen molar-refractivity contribution in [2.45, 2.75) is 57.5 Å². The predicted octanol–water partition coefficient (Wildman–Crippen LogP) is 4.13. The molecule has 0 aromatic carbocycles. The van der Waals surface area contributed by atoms with Crippen LogP contribution in [0.3, 0.4) is 0 Å². The highest BCUT2D eigenvalue weighted by Crippen LogP contribution is 2.31.